The van der Waals surface area contributed by atoms with E-state index in [-0.39, 0.29) is 12.4 Å². The number of carbonyl (C=O) groups is 1. The first kappa shape index (κ1) is 18.9. The molecule has 0 aliphatic carbocycles. The summed E-state index contributed by atoms with van der Waals surface area (Å²) in [5.74, 6) is 0.999. The van der Waals surface area contributed by atoms with Crippen molar-refractivity contribution in [1.82, 2.24) is 0 Å². The molecule has 7 heteroatoms. The number of methoxy groups -OCH3 is 3. The van der Waals surface area contributed by atoms with Gasteiger partial charge in [-0.25, -0.2) is 4.79 Å². The molecule has 1 atom stereocenters. The van der Waals surface area contributed by atoms with Crippen LogP contribution in [-0.4, -0.2) is 27.3 Å². The maximum atomic E-state index is 12.3. The molecular weight excluding hydrogens is 376 g/mol. The lowest BCUT2D eigenvalue weighted by Gasteiger charge is -2.26. The summed E-state index contributed by atoms with van der Waals surface area (Å²) in [6.45, 7) is 1.84. The van der Waals surface area contributed by atoms with Crippen LogP contribution in [-0.2, 0) is 4.79 Å². The van der Waals surface area contributed by atoms with Gasteiger partial charge in [0, 0.05) is 22.9 Å². The summed E-state index contributed by atoms with van der Waals surface area (Å²) in [6.07, 6.45) is 0.0857. The van der Waals surface area contributed by atoms with Gasteiger partial charge < -0.3 is 23.4 Å². The highest BCUT2D eigenvalue weighted by Gasteiger charge is 2.33. The molecule has 0 spiro atoms. The number of rotatable bonds is 4. The first-order chi connectivity index (χ1) is 14.0. The SMILES string of the molecule is COc1cc([C@H]2CC(=O)Oc3ccc4c(C)cc(=O)oc4c32)cc(OC)c1OC. The van der Waals surface area contributed by atoms with Gasteiger partial charge in [-0.1, -0.05) is 0 Å². The van der Waals surface area contributed by atoms with E-state index < -0.39 is 11.5 Å². The van der Waals surface area contributed by atoms with Crippen molar-refractivity contribution in [2.45, 2.75) is 19.3 Å². The molecule has 0 N–H and O–H groups in total. The van der Waals surface area contributed by atoms with Crippen LogP contribution in [0.1, 0.15) is 29.0 Å². The molecule has 2 aromatic carbocycles. The van der Waals surface area contributed by atoms with E-state index >= 15 is 0 Å². The highest BCUT2D eigenvalue weighted by Crippen LogP contribution is 2.47. The van der Waals surface area contributed by atoms with Gasteiger partial charge in [0.15, 0.2) is 11.5 Å². The van der Waals surface area contributed by atoms with Gasteiger partial charge >= 0.3 is 11.6 Å². The van der Waals surface area contributed by atoms with E-state index in [0.717, 1.165) is 16.5 Å². The Morgan fingerprint density at radius 3 is 2.28 bits per heavy atom. The van der Waals surface area contributed by atoms with E-state index in [9.17, 15) is 9.59 Å². The third-order valence-corrected chi connectivity index (χ3v) is 5.15. The molecule has 0 unspecified atom stereocenters. The van der Waals surface area contributed by atoms with Crippen LogP contribution < -0.4 is 24.6 Å². The van der Waals surface area contributed by atoms with Gasteiger partial charge in [-0.05, 0) is 42.3 Å². The van der Waals surface area contributed by atoms with Crippen molar-refractivity contribution in [2.75, 3.05) is 21.3 Å². The lowest BCUT2D eigenvalue weighted by atomic mass is 9.84. The molecule has 0 saturated heterocycles. The maximum Gasteiger partial charge on any atom is 0.336 e. The minimum atomic E-state index is -0.455. The average molecular weight is 396 g/mol. The van der Waals surface area contributed by atoms with Crippen molar-refractivity contribution in [2.24, 2.45) is 0 Å². The molecule has 150 valence electrons. The number of fused-ring (bicyclic) bond motifs is 3. The van der Waals surface area contributed by atoms with Crippen LogP contribution in [0.15, 0.2) is 39.5 Å². The fourth-order valence-electron chi connectivity index (χ4n) is 3.83. The number of hydrogen-bond donors (Lipinski definition) is 0. The van der Waals surface area contributed by atoms with Gasteiger partial charge in [0.2, 0.25) is 5.75 Å². The van der Waals surface area contributed by atoms with E-state index in [4.69, 9.17) is 23.4 Å². The van der Waals surface area contributed by atoms with Crippen molar-refractivity contribution in [3.63, 3.8) is 0 Å². The molecule has 0 radical (unpaired) electrons. The predicted octanol–water partition coefficient (Wildman–Crippen LogP) is 3.57. The van der Waals surface area contributed by atoms with Crippen molar-refractivity contribution in [1.29, 1.82) is 0 Å². The van der Waals surface area contributed by atoms with Crippen LogP contribution in [0.2, 0.25) is 0 Å². The number of esters is 1. The Kier molecular flexibility index (Phi) is 4.66. The van der Waals surface area contributed by atoms with E-state index in [0.29, 0.717) is 34.1 Å². The summed E-state index contributed by atoms with van der Waals surface area (Å²) in [4.78, 5) is 24.4. The van der Waals surface area contributed by atoms with Gasteiger partial charge in [0.25, 0.3) is 0 Å². The van der Waals surface area contributed by atoms with Crippen LogP contribution in [0.25, 0.3) is 11.0 Å². The number of aryl methyl sites for hydroxylation is 1. The van der Waals surface area contributed by atoms with Gasteiger partial charge in [0.1, 0.15) is 11.3 Å². The first-order valence-corrected chi connectivity index (χ1v) is 9.04. The van der Waals surface area contributed by atoms with Crippen molar-refractivity contribution >= 4 is 16.9 Å². The Morgan fingerprint density at radius 1 is 0.966 bits per heavy atom. The third-order valence-electron chi connectivity index (χ3n) is 5.15. The van der Waals surface area contributed by atoms with Crippen molar-refractivity contribution in [3.8, 4) is 23.0 Å². The predicted molar refractivity (Wildman–Crippen MR) is 105 cm³/mol. The lowest BCUT2D eigenvalue weighted by molar-refractivity contribution is -0.135. The molecule has 7 nitrogen and oxygen atoms in total. The number of carbonyl (C=O) groups excluding carboxylic acids is 1. The van der Waals surface area contributed by atoms with Crippen LogP contribution in [0.3, 0.4) is 0 Å². The normalized spacial score (nSPS) is 15.6. The summed E-state index contributed by atoms with van der Waals surface area (Å²) >= 11 is 0. The summed E-state index contributed by atoms with van der Waals surface area (Å²) in [5, 5.41) is 0.791. The average Bonchev–Trinajstić information content (AvgIpc) is 2.71. The highest BCUT2D eigenvalue weighted by atomic mass is 16.5. The number of hydrogen-bond acceptors (Lipinski definition) is 7. The Labute approximate surface area is 166 Å². The van der Waals surface area contributed by atoms with E-state index in [1.54, 1.807) is 24.3 Å². The quantitative estimate of drug-likeness (QED) is 0.379. The van der Waals surface area contributed by atoms with Gasteiger partial charge in [-0.3, -0.25) is 4.79 Å². The summed E-state index contributed by atoms with van der Waals surface area (Å²) in [5.41, 5.74) is 2.16. The zero-order chi connectivity index (χ0) is 20.7. The number of benzene rings is 2. The molecule has 1 aliphatic rings. The monoisotopic (exact) mass is 396 g/mol. The molecule has 29 heavy (non-hydrogen) atoms. The zero-order valence-electron chi connectivity index (χ0n) is 16.5. The second kappa shape index (κ2) is 7.16. The molecule has 0 fully saturated rings. The molecule has 4 rings (SSSR count). The van der Waals surface area contributed by atoms with Crippen LogP contribution in [0.5, 0.6) is 23.0 Å². The highest BCUT2D eigenvalue weighted by molar-refractivity contribution is 5.90. The van der Waals surface area contributed by atoms with Crippen LogP contribution in [0, 0.1) is 6.92 Å². The second-order valence-electron chi connectivity index (χ2n) is 6.79. The molecule has 1 aliphatic heterocycles. The fourth-order valence-corrected chi connectivity index (χ4v) is 3.83. The molecule has 0 amide bonds. The Morgan fingerprint density at radius 2 is 1.66 bits per heavy atom. The molecular formula is C22H20O7. The molecule has 0 bridgehead atoms. The second-order valence-corrected chi connectivity index (χ2v) is 6.79. The van der Waals surface area contributed by atoms with Gasteiger partial charge in [-0.15, -0.1) is 0 Å². The third kappa shape index (κ3) is 3.08. The molecule has 0 saturated carbocycles. The van der Waals surface area contributed by atoms with E-state index in [2.05, 4.69) is 0 Å². The Bertz CT molecular complexity index is 1150. The van der Waals surface area contributed by atoms with Crippen molar-refractivity contribution < 1.29 is 28.2 Å². The molecule has 1 aromatic heterocycles. The van der Waals surface area contributed by atoms with E-state index in [1.807, 2.05) is 6.92 Å². The summed E-state index contributed by atoms with van der Waals surface area (Å²) in [6, 6.07) is 8.55. The molecule has 3 aromatic rings. The smallest absolute Gasteiger partial charge is 0.336 e. The van der Waals surface area contributed by atoms with Crippen molar-refractivity contribution in [3.05, 3.63) is 57.4 Å². The standard InChI is InChI=1S/C22H20O7/c1-11-7-18(23)29-21-13(11)5-6-15-20(21)14(10-19(24)28-15)12-8-16(25-2)22(27-4)17(9-12)26-3/h5-9,14H,10H2,1-4H3/t14-/m1/s1. The minimum absolute atomic E-state index is 0.0857. The minimum Gasteiger partial charge on any atom is -0.493 e. The van der Waals surface area contributed by atoms with Crippen LogP contribution in [0.4, 0.5) is 0 Å². The molecule has 2 heterocycles. The topological polar surface area (TPSA) is 84.2 Å². The maximum absolute atomic E-state index is 12.3. The van der Waals surface area contributed by atoms with Gasteiger partial charge in [-0.2, -0.15) is 0 Å². The number of ether oxygens (including phenoxy) is 4. The Hall–Kier alpha value is -3.48. The lowest BCUT2D eigenvalue weighted by Crippen LogP contribution is -2.22. The Balaban J connectivity index is 2.01. The zero-order valence-corrected chi connectivity index (χ0v) is 16.5. The fraction of sp³-hybridized carbons (Fsp3) is 0.273. The summed E-state index contributed by atoms with van der Waals surface area (Å²) in [7, 11) is 4.59. The van der Waals surface area contributed by atoms with Gasteiger partial charge in [0.05, 0.1) is 27.8 Å². The summed E-state index contributed by atoms with van der Waals surface area (Å²) < 4.78 is 27.3. The van der Waals surface area contributed by atoms with Crippen LogP contribution >= 0.6 is 0 Å². The first-order valence-electron chi connectivity index (χ1n) is 9.04. The van der Waals surface area contributed by atoms with E-state index in [1.165, 1.54) is 27.4 Å². The largest absolute Gasteiger partial charge is 0.493 e.